The van der Waals surface area contributed by atoms with E-state index in [0.717, 1.165) is 81.8 Å². The van der Waals surface area contributed by atoms with Gasteiger partial charge in [-0.05, 0) is 86.7 Å². The van der Waals surface area contributed by atoms with E-state index < -0.39 is 41.8 Å². The van der Waals surface area contributed by atoms with Crippen LogP contribution in [0.1, 0.15) is 156 Å². The van der Waals surface area contributed by atoms with E-state index in [9.17, 15) is 15.0 Å². The van der Waals surface area contributed by atoms with Crippen molar-refractivity contribution in [2.75, 3.05) is 13.7 Å². The molecule has 2 N–H and O–H groups in total. The summed E-state index contributed by atoms with van der Waals surface area (Å²) in [7, 11) is 1.70. The zero-order chi connectivity index (χ0) is 52.4. The summed E-state index contributed by atoms with van der Waals surface area (Å²) in [4.78, 5) is 14.5. The molecule has 0 aromatic heterocycles. The van der Waals surface area contributed by atoms with E-state index in [2.05, 4.69) is 40.9 Å². The minimum Gasteiger partial charge on any atom is -0.459 e. The minimum atomic E-state index is -0.866. The van der Waals surface area contributed by atoms with Gasteiger partial charge in [0.15, 0.2) is 17.4 Å². The average molecular weight is 1070 g/mol. The predicted molar refractivity (Wildman–Crippen MR) is 270 cm³/mol. The number of rotatable bonds is 5. The maximum atomic E-state index is 14.5. The Morgan fingerprint density at radius 3 is 2.17 bits per heavy atom. The third kappa shape index (κ3) is 10.1. The fourth-order valence-corrected chi connectivity index (χ4v) is 16.9. The number of ether oxygens (including phenoxy) is 14. The molecule has 17 nitrogen and oxygen atoms in total. The molecule has 426 valence electrons. The third-order valence-corrected chi connectivity index (χ3v) is 21.0. The van der Waals surface area contributed by atoms with E-state index in [-0.39, 0.29) is 146 Å². The van der Waals surface area contributed by atoms with Gasteiger partial charge in [-0.15, -0.1) is 0 Å². The van der Waals surface area contributed by atoms with Crippen LogP contribution in [0.4, 0.5) is 0 Å². The van der Waals surface area contributed by atoms with Crippen LogP contribution in [0.3, 0.4) is 0 Å². The van der Waals surface area contributed by atoms with Crippen molar-refractivity contribution in [1.29, 1.82) is 0 Å². The fourth-order valence-electron chi connectivity index (χ4n) is 16.9. The first-order chi connectivity index (χ1) is 36.6. The molecular formula is C59H88O17. The van der Waals surface area contributed by atoms with Crippen LogP contribution in [0.15, 0.2) is 24.3 Å². The first kappa shape index (κ1) is 53.6. The fraction of sp³-hybridized carbons (Fsp3) is 0.915. The van der Waals surface area contributed by atoms with Crippen LogP contribution in [0.25, 0.3) is 0 Å². The summed E-state index contributed by atoms with van der Waals surface area (Å²) in [5.74, 6) is -2.48. The molecule has 0 aromatic carbocycles. The molecule has 0 radical (unpaired) electrons. The molecule has 76 heavy (non-hydrogen) atoms. The van der Waals surface area contributed by atoms with Gasteiger partial charge in [0, 0.05) is 77.2 Å². The van der Waals surface area contributed by atoms with Crippen molar-refractivity contribution in [2.24, 2.45) is 23.7 Å². The van der Waals surface area contributed by atoms with E-state index >= 15 is 0 Å². The summed E-state index contributed by atoms with van der Waals surface area (Å²) < 4.78 is 95.3. The van der Waals surface area contributed by atoms with Gasteiger partial charge >= 0.3 is 5.97 Å². The van der Waals surface area contributed by atoms with Gasteiger partial charge < -0.3 is 76.5 Å². The highest BCUT2D eigenvalue weighted by atomic mass is 16.7. The molecule has 10 bridgehead atoms. The second-order valence-electron chi connectivity index (χ2n) is 26.3. The molecule has 13 rings (SSSR count). The molecule has 13 heterocycles. The van der Waals surface area contributed by atoms with Gasteiger partial charge in [-0.3, -0.25) is 4.79 Å². The van der Waals surface area contributed by atoms with Crippen molar-refractivity contribution in [3.8, 4) is 0 Å². The zero-order valence-electron chi connectivity index (χ0n) is 45.7. The predicted octanol–water partition coefficient (Wildman–Crippen LogP) is 6.82. The second kappa shape index (κ2) is 21.0. The minimum absolute atomic E-state index is 0.00411. The highest BCUT2D eigenvalue weighted by Gasteiger charge is 2.61. The lowest BCUT2D eigenvalue weighted by Crippen LogP contribution is -2.61. The third-order valence-electron chi connectivity index (χ3n) is 21.0. The number of fused-ring (bicyclic) bond motifs is 12. The topological polar surface area (TPSA) is 187 Å². The zero-order valence-corrected chi connectivity index (χ0v) is 45.7. The molecule has 13 fully saturated rings. The van der Waals surface area contributed by atoms with Crippen LogP contribution in [0, 0.1) is 23.7 Å². The van der Waals surface area contributed by atoms with E-state index in [4.69, 9.17) is 66.3 Å². The second-order valence-corrected chi connectivity index (χ2v) is 26.3. The van der Waals surface area contributed by atoms with Crippen molar-refractivity contribution in [2.45, 2.75) is 302 Å². The van der Waals surface area contributed by atoms with Gasteiger partial charge in [-0.2, -0.15) is 0 Å². The Bertz CT molecular complexity index is 2150. The number of carbonyl (C=O) groups is 1. The Balaban J connectivity index is 0.707. The highest BCUT2D eigenvalue weighted by Crippen LogP contribution is 2.53. The largest absolute Gasteiger partial charge is 0.459 e. The normalized spacial score (nSPS) is 54.6. The number of hydrogen-bond donors (Lipinski definition) is 2. The van der Waals surface area contributed by atoms with Crippen LogP contribution < -0.4 is 0 Å². The Kier molecular flexibility index (Phi) is 14.8. The van der Waals surface area contributed by atoms with E-state index in [1.54, 1.807) is 7.11 Å². The Morgan fingerprint density at radius 1 is 0.605 bits per heavy atom. The monoisotopic (exact) mass is 1070 g/mol. The van der Waals surface area contributed by atoms with Gasteiger partial charge in [-0.25, -0.2) is 0 Å². The van der Waals surface area contributed by atoms with Crippen molar-refractivity contribution in [3.63, 3.8) is 0 Å². The first-order valence-electron chi connectivity index (χ1n) is 29.9. The Labute approximate surface area is 449 Å². The molecule has 4 unspecified atom stereocenters. The Hall–Kier alpha value is -1.65. The standard InChI is InChI=1S/C59H88O17/c1-29-18-35-8-10-39-30(2)19-37(64-39)12-15-57-16-14-41(73-57)44-23-49(75-57)56-42(67-44)11-9-36(66-56)20-52(62)71-55-34(6)54-47(68-46(55)22-43(65-35)33(29)5)24-45-50(69-54)27-58(74-45)17-13-40(72-58)31(3)25-59(63-7)26-32(4)53-48(76-59)21-38(61)51(28-60)70-53/h29,31-32,34-51,53-56,60-61H,2,5,8-28H2,1,3-4,6-7H3/t29-,31+,32+,34+,35+,36?,37?,38-,39+,40-,41+,42+,43-,44-,45-,46+,47+,48?,49-,50-,51-,53?,54+,55-,56+,57+,58+,59-/m1/s1. The molecule has 13 aliphatic heterocycles. The van der Waals surface area contributed by atoms with Crippen LogP contribution in [-0.4, -0.2) is 175 Å². The number of hydrogen-bond acceptors (Lipinski definition) is 17. The van der Waals surface area contributed by atoms with Crippen LogP contribution in [0.5, 0.6) is 0 Å². The SMILES string of the molecule is C=C1CC2CC[C@]34CC[C@H](O3)[C@H]3C[C@@H](O4)[C@H]4OC(CC[C@@H]4O3)CC(=O)O[C@@H]3[C@@H](C)[C@@H]4O[C@@H]5C[C@]6(CC[C@H]([C@@H](C)C[C@]7(OC)C[C@H](C)C8O[C@H](CO)[C@H](O)CC8O7)O6)O[C@@H]5C[C@@H]4O[C@H]3C[C@H]3O[C@@H](CC[C@@H]1O2)C[C@@H](C)C3=C. The maximum Gasteiger partial charge on any atom is 0.308 e. The quantitative estimate of drug-likeness (QED) is 0.215. The lowest BCUT2D eigenvalue weighted by molar-refractivity contribution is -0.339. The average Bonchev–Trinajstić information content (AvgIpc) is 4.20. The highest BCUT2D eigenvalue weighted by molar-refractivity contribution is 5.70. The molecular weight excluding hydrogens is 981 g/mol. The summed E-state index contributed by atoms with van der Waals surface area (Å²) in [5, 5.41) is 20.5. The number of methoxy groups -OCH3 is 1. The van der Waals surface area contributed by atoms with Crippen LogP contribution in [0.2, 0.25) is 0 Å². The first-order valence-corrected chi connectivity index (χ1v) is 29.9. The molecule has 13 saturated heterocycles. The molecule has 0 saturated carbocycles. The maximum absolute atomic E-state index is 14.5. The van der Waals surface area contributed by atoms with Crippen molar-refractivity contribution < 1.29 is 81.3 Å². The molecule has 2 spiro atoms. The van der Waals surface area contributed by atoms with Gasteiger partial charge in [0.05, 0.1) is 123 Å². The molecule has 0 aliphatic carbocycles. The van der Waals surface area contributed by atoms with Crippen molar-refractivity contribution >= 4 is 5.97 Å². The summed E-state index contributed by atoms with van der Waals surface area (Å²) >= 11 is 0. The van der Waals surface area contributed by atoms with Gasteiger partial charge in [-0.1, -0.05) is 40.9 Å². The van der Waals surface area contributed by atoms with Gasteiger partial charge in [0.1, 0.15) is 18.3 Å². The number of esters is 1. The van der Waals surface area contributed by atoms with E-state index in [1.165, 1.54) is 0 Å². The summed E-state index contributed by atoms with van der Waals surface area (Å²) in [6, 6.07) is 0. The number of aliphatic hydroxyl groups excluding tert-OH is 2. The molecule has 0 aromatic rings. The summed E-state index contributed by atoms with van der Waals surface area (Å²) in [6.07, 6.45) is 8.29. The number of carbonyl (C=O) groups excluding carboxylic acids is 1. The van der Waals surface area contributed by atoms with E-state index in [1.807, 2.05) is 0 Å². The summed E-state index contributed by atoms with van der Waals surface area (Å²) in [5.41, 5.74) is 2.19. The molecule has 13 aliphatic rings. The van der Waals surface area contributed by atoms with Crippen LogP contribution >= 0.6 is 0 Å². The lowest BCUT2D eigenvalue weighted by Gasteiger charge is -2.51. The van der Waals surface area contributed by atoms with Gasteiger partial charge in [0.2, 0.25) is 0 Å². The van der Waals surface area contributed by atoms with Crippen molar-refractivity contribution in [1.82, 2.24) is 0 Å². The van der Waals surface area contributed by atoms with E-state index in [0.29, 0.717) is 51.4 Å². The summed E-state index contributed by atoms with van der Waals surface area (Å²) in [6.45, 7) is 17.6. The Morgan fingerprint density at radius 2 is 1.33 bits per heavy atom. The molecule has 17 heteroatoms. The number of aliphatic hydroxyl groups is 2. The van der Waals surface area contributed by atoms with Crippen molar-refractivity contribution in [3.05, 3.63) is 24.3 Å². The van der Waals surface area contributed by atoms with Gasteiger partial charge in [0.25, 0.3) is 0 Å². The van der Waals surface area contributed by atoms with Crippen LogP contribution in [-0.2, 0) is 71.1 Å². The molecule has 28 atom stereocenters. The lowest BCUT2D eigenvalue weighted by atomic mass is 9.79. The smallest absolute Gasteiger partial charge is 0.308 e. The molecule has 0 amide bonds.